The quantitative estimate of drug-likeness (QED) is 0.801. The monoisotopic (exact) mass is 276 g/mol. The molecular formula is C14H16N2O4. The average Bonchev–Trinajstić information content (AvgIpc) is 2.48. The Bertz CT molecular complexity index is 580. The van der Waals surface area contributed by atoms with Gasteiger partial charge in [-0.15, -0.1) is 0 Å². The molecule has 1 aromatic rings. The van der Waals surface area contributed by atoms with Crippen LogP contribution >= 0.6 is 0 Å². The molecule has 2 rings (SSSR count). The number of rotatable bonds is 3. The second kappa shape index (κ2) is 5.64. The number of ether oxygens (including phenoxy) is 2. The molecule has 1 aromatic carbocycles. The number of carbonyl (C=O) groups excluding carboxylic acids is 2. The molecule has 1 amide bonds. The molecule has 6 heteroatoms. The van der Waals surface area contributed by atoms with Crippen LogP contribution in [0.3, 0.4) is 0 Å². The van der Waals surface area contributed by atoms with Crippen LogP contribution < -0.4 is 15.4 Å². The lowest BCUT2D eigenvalue weighted by atomic mass is 10.0. The van der Waals surface area contributed by atoms with Gasteiger partial charge in [0.25, 0.3) is 5.91 Å². The number of hydrogen-bond donors (Lipinski definition) is 2. The lowest BCUT2D eigenvalue weighted by Crippen LogP contribution is -2.45. The molecule has 0 unspecified atom stereocenters. The van der Waals surface area contributed by atoms with Gasteiger partial charge in [0.15, 0.2) is 0 Å². The first-order chi connectivity index (χ1) is 9.58. The Labute approximate surface area is 116 Å². The maximum absolute atomic E-state index is 12.2. The van der Waals surface area contributed by atoms with E-state index in [0.717, 1.165) is 0 Å². The lowest BCUT2D eigenvalue weighted by molar-refractivity contribution is -0.138. The molecule has 0 spiro atoms. The summed E-state index contributed by atoms with van der Waals surface area (Å²) in [4.78, 5) is 23.7. The van der Waals surface area contributed by atoms with Crippen LogP contribution in [0.1, 0.15) is 18.5 Å². The molecular weight excluding hydrogens is 260 g/mol. The summed E-state index contributed by atoms with van der Waals surface area (Å²) >= 11 is 0. The van der Waals surface area contributed by atoms with E-state index >= 15 is 0 Å². The fraction of sp³-hybridized carbons (Fsp3) is 0.286. The minimum Gasteiger partial charge on any atom is -0.496 e. The highest BCUT2D eigenvalue weighted by atomic mass is 16.5. The molecule has 1 heterocycles. The number of benzene rings is 1. The van der Waals surface area contributed by atoms with E-state index in [-0.39, 0.29) is 11.6 Å². The van der Waals surface area contributed by atoms with Gasteiger partial charge >= 0.3 is 5.97 Å². The summed E-state index contributed by atoms with van der Waals surface area (Å²) in [5.74, 6) is -0.309. The van der Waals surface area contributed by atoms with Crippen LogP contribution in [0.25, 0.3) is 0 Å². The summed E-state index contributed by atoms with van der Waals surface area (Å²) < 4.78 is 9.87. The number of para-hydroxylation sites is 1. The molecule has 1 aliphatic heterocycles. The molecule has 1 atom stereocenters. The zero-order valence-electron chi connectivity index (χ0n) is 11.5. The number of carbonyl (C=O) groups is 2. The van der Waals surface area contributed by atoms with Crippen LogP contribution in [-0.2, 0) is 14.3 Å². The van der Waals surface area contributed by atoms with Crippen molar-refractivity contribution in [2.75, 3.05) is 14.2 Å². The zero-order chi connectivity index (χ0) is 14.7. The summed E-state index contributed by atoms with van der Waals surface area (Å²) in [5, 5.41) is 5.57. The van der Waals surface area contributed by atoms with Gasteiger partial charge in [-0.2, -0.15) is 0 Å². The third-order valence-electron chi connectivity index (χ3n) is 3.09. The highest BCUT2D eigenvalue weighted by molar-refractivity contribution is 5.98. The molecule has 1 aliphatic rings. The zero-order valence-corrected chi connectivity index (χ0v) is 11.5. The van der Waals surface area contributed by atoms with E-state index in [1.165, 1.54) is 7.11 Å². The van der Waals surface area contributed by atoms with E-state index < -0.39 is 12.0 Å². The molecule has 20 heavy (non-hydrogen) atoms. The van der Waals surface area contributed by atoms with Crippen LogP contribution in [0.4, 0.5) is 0 Å². The number of esters is 1. The Morgan fingerprint density at radius 3 is 2.60 bits per heavy atom. The fourth-order valence-electron chi connectivity index (χ4n) is 2.07. The van der Waals surface area contributed by atoms with E-state index in [0.29, 0.717) is 17.0 Å². The van der Waals surface area contributed by atoms with Gasteiger partial charge in [0.1, 0.15) is 17.5 Å². The van der Waals surface area contributed by atoms with Gasteiger partial charge in [-0.05, 0) is 13.0 Å². The summed E-state index contributed by atoms with van der Waals surface area (Å²) in [5.41, 5.74) is 1.38. The molecule has 0 fully saturated rings. The smallest absolute Gasteiger partial charge is 0.356 e. The summed E-state index contributed by atoms with van der Waals surface area (Å²) in [6.45, 7) is 1.70. The first kappa shape index (κ1) is 13.9. The second-order valence-corrected chi connectivity index (χ2v) is 4.30. The molecule has 0 bridgehead atoms. The van der Waals surface area contributed by atoms with Crippen LogP contribution in [0.5, 0.6) is 5.75 Å². The minimum absolute atomic E-state index is 0.128. The molecule has 2 N–H and O–H groups in total. The summed E-state index contributed by atoms with van der Waals surface area (Å²) in [7, 11) is 2.81. The number of allylic oxidation sites excluding steroid dienone is 1. The Kier molecular flexibility index (Phi) is 3.93. The third kappa shape index (κ3) is 2.45. The SMILES string of the molecule is COC(=O)C1=C(C)N[C@@H](c2ccccc2OC)C(=O)N1. The van der Waals surface area contributed by atoms with Gasteiger partial charge in [-0.3, -0.25) is 4.79 Å². The van der Waals surface area contributed by atoms with Crippen molar-refractivity contribution >= 4 is 11.9 Å². The highest BCUT2D eigenvalue weighted by Crippen LogP contribution is 2.28. The Hall–Kier alpha value is -2.50. The van der Waals surface area contributed by atoms with E-state index in [1.807, 2.05) is 12.1 Å². The van der Waals surface area contributed by atoms with Gasteiger partial charge in [0.05, 0.1) is 14.2 Å². The Morgan fingerprint density at radius 1 is 1.25 bits per heavy atom. The van der Waals surface area contributed by atoms with Crippen LogP contribution in [0.15, 0.2) is 35.7 Å². The van der Waals surface area contributed by atoms with Crippen LogP contribution in [0, 0.1) is 0 Å². The first-order valence-corrected chi connectivity index (χ1v) is 6.08. The average molecular weight is 276 g/mol. The third-order valence-corrected chi connectivity index (χ3v) is 3.09. The van der Waals surface area contributed by atoms with E-state index in [2.05, 4.69) is 15.4 Å². The van der Waals surface area contributed by atoms with Gasteiger partial charge < -0.3 is 20.1 Å². The van der Waals surface area contributed by atoms with Gasteiger partial charge in [0, 0.05) is 11.3 Å². The van der Waals surface area contributed by atoms with Crippen molar-refractivity contribution in [2.45, 2.75) is 13.0 Å². The van der Waals surface area contributed by atoms with Gasteiger partial charge in [-0.1, -0.05) is 18.2 Å². The van der Waals surface area contributed by atoms with Crippen molar-refractivity contribution in [1.29, 1.82) is 0 Å². The Morgan fingerprint density at radius 2 is 1.95 bits per heavy atom. The van der Waals surface area contributed by atoms with Gasteiger partial charge in [-0.25, -0.2) is 4.79 Å². The molecule has 0 saturated heterocycles. The highest BCUT2D eigenvalue weighted by Gasteiger charge is 2.31. The van der Waals surface area contributed by atoms with E-state index in [9.17, 15) is 9.59 Å². The first-order valence-electron chi connectivity index (χ1n) is 6.08. The van der Waals surface area contributed by atoms with Crippen LogP contribution in [0.2, 0.25) is 0 Å². The number of hydrogen-bond acceptors (Lipinski definition) is 5. The number of nitrogens with one attached hydrogen (secondary N) is 2. The molecule has 106 valence electrons. The number of methoxy groups -OCH3 is 2. The predicted molar refractivity (Wildman–Crippen MR) is 71.7 cm³/mol. The summed E-state index contributed by atoms with van der Waals surface area (Å²) in [6, 6.07) is 6.61. The topological polar surface area (TPSA) is 76.7 Å². The molecule has 0 saturated carbocycles. The second-order valence-electron chi connectivity index (χ2n) is 4.30. The van der Waals surface area contributed by atoms with E-state index in [1.54, 1.807) is 26.2 Å². The molecule has 0 aromatic heterocycles. The van der Waals surface area contributed by atoms with Crippen molar-refractivity contribution in [1.82, 2.24) is 10.6 Å². The standard InChI is InChI=1S/C14H16N2O4/c1-8-11(14(18)20-3)16-13(17)12(15-8)9-6-4-5-7-10(9)19-2/h4-7,12,15H,1-3H3,(H,16,17)/t12-/m0/s1. The fourth-order valence-corrected chi connectivity index (χ4v) is 2.07. The van der Waals surface area contributed by atoms with E-state index in [4.69, 9.17) is 4.74 Å². The van der Waals surface area contributed by atoms with Crippen molar-refractivity contribution in [3.05, 3.63) is 41.2 Å². The van der Waals surface area contributed by atoms with Crippen molar-refractivity contribution < 1.29 is 19.1 Å². The Balaban J connectivity index is 2.35. The van der Waals surface area contributed by atoms with Gasteiger partial charge in [0.2, 0.25) is 0 Å². The number of amides is 1. The van der Waals surface area contributed by atoms with Crippen molar-refractivity contribution in [2.24, 2.45) is 0 Å². The largest absolute Gasteiger partial charge is 0.496 e. The predicted octanol–water partition coefficient (Wildman–Crippen LogP) is 0.860. The molecule has 0 radical (unpaired) electrons. The maximum Gasteiger partial charge on any atom is 0.356 e. The summed E-state index contributed by atoms with van der Waals surface area (Å²) in [6.07, 6.45) is 0. The molecule has 6 nitrogen and oxygen atoms in total. The van der Waals surface area contributed by atoms with Crippen LogP contribution in [-0.4, -0.2) is 26.1 Å². The maximum atomic E-state index is 12.2. The van der Waals surface area contributed by atoms with Crippen molar-refractivity contribution in [3.8, 4) is 5.75 Å². The normalized spacial score (nSPS) is 18.1. The van der Waals surface area contributed by atoms with Crippen molar-refractivity contribution in [3.63, 3.8) is 0 Å². The minimum atomic E-state index is -0.612. The molecule has 0 aliphatic carbocycles. The lowest BCUT2D eigenvalue weighted by Gasteiger charge is -2.27.